The highest BCUT2D eigenvalue weighted by Gasteiger charge is 2.15. The summed E-state index contributed by atoms with van der Waals surface area (Å²) in [6.45, 7) is 2.05. The van der Waals surface area contributed by atoms with Crippen molar-refractivity contribution in [3.8, 4) is 5.75 Å². The minimum atomic E-state index is -0.0495. The van der Waals surface area contributed by atoms with Gasteiger partial charge in [0.1, 0.15) is 0 Å². The molecule has 0 bridgehead atoms. The van der Waals surface area contributed by atoms with E-state index in [-0.39, 0.29) is 5.91 Å². The van der Waals surface area contributed by atoms with Crippen molar-refractivity contribution in [3.63, 3.8) is 0 Å². The van der Waals surface area contributed by atoms with Gasteiger partial charge in [0.25, 0.3) is 0 Å². The van der Waals surface area contributed by atoms with Crippen LogP contribution in [0.5, 0.6) is 5.75 Å². The topological polar surface area (TPSA) is 54.1 Å². The number of aromatic amines is 1. The molecule has 2 rings (SSSR count). The van der Waals surface area contributed by atoms with Gasteiger partial charge in [0.15, 0.2) is 5.75 Å². The smallest absolute Gasteiger partial charge is 0.216 e. The Hall–Kier alpha value is -1.39. The highest BCUT2D eigenvalue weighted by Crippen LogP contribution is 2.40. The number of methoxy groups -OCH3 is 1. The molecule has 19 heavy (non-hydrogen) atoms. The van der Waals surface area contributed by atoms with Crippen molar-refractivity contribution in [1.82, 2.24) is 10.3 Å². The predicted octanol–water partition coefficient (Wildman–Crippen LogP) is 3.16. The van der Waals surface area contributed by atoms with Crippen molar-refractivity contribution in [2.75, 3.05) is 13.7 Å². The lowest BCUT2D eigenvalue weighted by Gasteiger charge is -2.08. The standard InChI is InChI=1S/C13H14Cl2N2O2/c1-7(18)16-4-3-8-6-17-10-5-9(14)13(19-2)12(15)11(8)10/h5-6,17H,3-4H2,1-2H3,(H,16,18). The zero-order valence-electron chi connectivity index (χ0n) is 10.6. The normalized spacial score (nSPS) is 10.7. The fourth-order valence-electron chi connectivity index (χ4n) is 2.02. The van der Waals surface area contributed by atoms with Gasteiger partial charge in [-0.15, -0.1) is 0 Å². The first-order chi connectivity index (χ1) is 9.04. The molecule has 102 valence electrons. The Balaban J connectivity index is 2.38. The molecule has 0 fully saturated rings. The summed E-state index contributed by atoms with van der Waals surface area (Å²) in [6, 6.07) is 1.78. The number of H-pyrrole nitrogens is 1. The Morgan fingerprint density at radius 2 is 2.21 bits per heavy atom. The van der Waals surface area contributed by atoms with Crippen LogP contribution < -0.4 is 10.1 Å². The van der Waals surface area contributed by atoms with Crippen molar-refractivity contribution >= 4 is 40.0 Å². The highest BCUT2D eigenvalue weighted by molar-refractivity contribution is 6.41. The Kier molecular flexibility index (Phi) is 4.22. The Morgan fingerprint density at radius 3 is 2.84 bits per heavy atom. The van der Waals surface area contributed by atoms with Gasteiger partial charge in [0, 0.05) is 30.6 Å². The molecule has 0 unspecified atom stereocenters. The van der Waals surface area contributed by atoms with Gasteiger partial charge in [-0.2, -0.15) is 0 Å². The molecular weight excluding hydrogens is 287 g/mol. The summed E-state index contributed by atoms with van der Waals surface area (Å²) in [6.07, 6.45) is 2.55. The van der Waals surface area contributed by atoms with Gasteiger partial charge >= 0.3 is 0 Å². The van der Waals surface area contributed by atoms with E-state index in [1.807, 2.05) is 6.20 Å². The van der Waals surface area contributed by atoms with Crippen LogP contribution in [0.25, 0.3) is 10.9 Å². The maximum Gasteiger partial charge on any atom is 0.216 e. The van der Waals surface area contributed by atoms with Crippen molar-refractivity contribution in [2.24, 2.45) is 0 Å². The SMILES string of the molecule is COc1c(Cl)cc2[nH]cc(CCNC(C)=O)c2c1Cl. The molecule has 4 nitrogen and oxygen atoms in total. The third-order valence-corrected chi connectivity index (χ3v) is 3.51. The molecule has 2 N–H and O–H groups in total. The molecule has 6 heteroatoms. The first kappa shape index (κ1) is 14.0. The average molecular weight is 301 g/mol. The number of benzene rings is 1. The van der Waals surface area contributed by atoms with Gasteiger partial charge in [0.05, 0.1) is 17.2 Å². The zero-order chi connectivity index (χ0) is 14.0. The predicted molar refractivity (Wildman–Crippen MR) is 77.3 cm³/mol. The number of carbonyl (C=O) groups is 1. The van der Waals surface area contributed by atoms with Crippen molar-refractivity contribution in [1.29, 1.82) is 0 Å². The van der Waals surface area contributed by atoms with Gasteiger partial charge in [-0.1, -0.05) is 23.2 Å². The Bertz CT molecular complexity index is 623. The number of ether oxygens (including phenoxy) is 1. The number of hydrogen-bond donors (Lipinski definition) is 2. The lowest BCUT2D eigenvalue weighted by Crippen LogP contribution is -2.22. The number of amides is 1. The molecule has 0 radical (unpaired) electrons. The second kappa shape index (κ2) is 5.72. The quantitative estimate of drug-likeness (QED) is 0.911. The number of fused-ring (bicyclic) bond motifs is 1. The monoisotopic (exact) mass is 300 g/mol. The van der Waals surface area contributed by atoms with E-state index in [0.717, 1.165) is 16.5 Å². The lowest BCUT2D eigenvalue weighted by molar-refractivity contribution is -0.118. The zero-order valence-corrected chi connectivity index (χ0v) is 12.2. The van der Waals surface area contributed by atoms with E-state index in [4.69, 9.17) is 27.9 Å². The number of halogens is 2. The molecule has 0 atom stereocenters. The summed E-state index contributed by atoms with van der Waals surface area (Å²) < 4.78 is 5.20. The maximum atomic E-state index is 10.9. The molecule has 1 aromatic heterocycles. The molecule has 0 saturated heterocycles. The minimum Gasteiger partial charge on any atom is -0.494 e. The average Bonchev–Trinajstić information content (AvgIpc) is 2.72. The van der Waals surface area contributed by atoms with Crippen molar-refractivity contribution in [2.45, 2.75) is 13.3 Å². The van der Waals surface area contributed by atoms with E-state index in [1.165, 1.54) is 14.0 Å². The van der Waals surface area contributed by atoms with Crippen LogP contribution in [0.3, 0.4) is 0 Å². The number of hydrogen-bond acceptors (Lipinski definition) is 2. The summed E-state index contributed by atoms with van der Waals surface area (Å²) in [5, 5.41) is 4.60. The fraction of sp³-hybridized carbons (Fsp3) is 0.308. The van der Waals surface area contributed by atoms with E-state index < -0.39 is 0 Å². The second-order valence-corrected chi connectivity index (χ2v) is 4.96. The van der Waals surface area contributed by atoms with Gasteiger partial charge in [-0.3, -0.25) is 4.79 Å². The molecule has 0 saturated carbocycles. The Labute approximate surface area is 121 Å². The van der Waals surface area contributed by atoms with Gasteiger partial charge in [0.2, 0.25) is 5.91 Å². The number of carbonyl (C=O) groups excluding carboxylic acids is 1. The molecule has 2 aromatic rings. The van der Waals surface area contributed by atoms with E-state index in [9.17, 15) is 4.79 Å². The summed E-state index contributed by atoms with van der Waals surface area (Å²) in [5.41, 5.74) is 1.87. The molecule has 0 spiro atoms. The fourth-order valence-corrected chi connectivity index (χ4v) is 2.75. The molecule has 0 aliphatic rings. The molecule has 0 aliphatic heterocycles. The summed E-state index contributed by atoms with van der Waals surface area (Å²) in [5.74, 6) is 0.419. The lowest BCUT2D eigenvalue weighted by atomic mass is 10.1. The number of rotatable bonds is 4. The van der Waals surface area contributed by atoms with E-state index in [0.29, 0.717) is 28.8 Å². The molecular formula is C13H14Cl2N2O2. The first-order valence-electron chi connectivity index (χ1n) is 5.81. The van der Waals surface area contributed by atoms with Crippen LogP contribution in [0, 0.1) is 0 Å². The number of aromatic nitrogens is 1. The summed E-state index contributed by atoms with van der Waals surface area (Å²) >= 11 is 12.4. The summed E-state index contributed by atoms with van der Waals surface area (Å²) in [4.78, 5) is 14.0. The van der Waals surface area contributed by atoms with Crippen LogP contribution in [0.15, 0.2) is 12.3 Å². The third kappa shape index (κ3) is 2.80. The third-order valence-electron chi connectivity index (χ3n) is 2.87. The van der Waals surface area contributed by atoms with Crippen LogP contribution in [-0.4, -0.2) is 24.5 Å². The highest BCUT2D eigenvalue weighted by atomic mass is 35.5. The first-order valence-corrected chi connectivity index (χ1v) is 6.56. The van der Waals surface area contributed by atoms with Crippen LogP contribution in [0.4, 0.5) is 0 Å². The largest absolute Gasteiger partial charge is 0.494 e. The molecule has 1 aromatic carbocycles. The number of nitrogens with one attached hydrogen (secondary N) is 2. The van der Waals surface area contributed by atoms with E-state index in [1.54, 1.807) is 6.07 Å². The van der Waals surface area contributed by atoms with Crippen LogP contribution in [0.2, 0.25) is 10.0 Å². The van der Waals surface area contributed by atoms with Crippen LogP contribution in [-0.2, 0) is 11.2 Å². The van der Waals surface area contributed by atoms with Gasteiger partial charge < -0.3 is 15.0 Å². The van der Waals surface area contributed by atoms with Crippen LogP contribution >= 0.6 is 23.2 Å². The van der Waals surface area contributed by atoms with E-state index >= 15 is 0 Å². The van der Waals surface area contributed by atoms with Crippen LogP contribution in [0.1, 0.15) is 12.5 Å². The van der Waals surface area contributed by atoms with Gasteiger partial charge in [-0.05, 0) is 18.1 Å². The Morgan fingerprint density at radius 1 is 1.47 bits per heavy atom. The second-order valence-electron chi connectivity index (χ2n) is 4.18. The van der Waals surface area contributed by atoms with Crippen molar-refractivity contribution in [3.05, 3.63) is 27.9 Å². The molecule has 0 aliphatic carbocycles. The molecule has 1 heterocycles. The maximum absolute atomic E-state index is 10.9. The van der Waals surface area contributed by atoms with Crippen molar-refractivity contribution < 1.29 is 9.53 Å². The summed E-state index contributed by atoms with van der Waals surface area (Å²) in [7, 11) is 1.53. The van der Waals surface area contributed by atoms with Gasteiger partial charge in [-0.25, -0.2) is 0 Å². The van der Waals surface area contributed by atoms with E-state index in [2.05, 4.69) is 10.3 Å². The minimum absolute atomic E-state index is 0.0495. The molecule has 1 amide bonds.